The van der Waals surface area contributed by atoms with Gasteiger partial charge in [0.25, 0.3) is 0 Å². The summed E-state index contributed by atoms with van der Waals surface area (Å²) in [4.78, 5) is 2.36. The van der Waals surface area contributed by atoms with Crippen LogP contribution in [0.15, 0.2) is 24.3 Å². The topological polar surface area (TPSA) is 33.7 Å². The van der Waals surface area contributed by atoms with Crippen LogP contribution in [-0.2, 0) is 9.47 Å². The molecular formula is C15H24N2O2. The van der Waals surface area contributed by atoms with Crippen molar-refractivity contribution in [2.24, 2.45) is 0 Å². The quantitative estimate of drug-likeness (QED) is 0.885. The summed E-state index contributed by atoms with van der Waals surface area (Å²) in [6.07, 6.45) is 0.193. The zero-order chi connectivity index (χ0) is 13.7. The first kappa shape index (κ1) is 14.2. The number of benzene rings is 1. The molecule has 0 aliphatic carbocycles. The Balaban J connectivity index is 1.94. The molecule has 0 saturated carbocycles. The second kappa shape index (κ2) is 6.78. The van der Waals surface area contributed by atoms with Gasteiger partial charge in [-0.1, -0.05) is 0 Å². The van der Waals surface area contributed by atoms with Gasteiger partial charge in [0.05, 0.1) is 19.3 Å². The summed E-state index contributed by atoms with van der Waals surface area (Å²) in [6, 6.07) is 8.88. The minimum atomic E-state index is 0.193. The van der Waals surface area contributed by atoms with Crippen molar-refractivity contribution in [2.45, 2.75) is 26.0 Å². The number of nitrogens with zero attached hydrogens (tertiary/aromatic N) is 1. The minimum Gasteiger partial charge on any atom is -0.380 e. The average molecular weight is 264 g/mol. The van der Waals surface area contributed by atoms with E-state index in [2.05, 4.69) is 48.3 Å². The highest BCUT2D eigenvalue weighted by Crippen LogP contribution is 2.20. The SMILES string of the molecule is COC(C)C(C)Nc1ccc(N2CCOCC2)cc1. The number of methoxy groups -OCH3 is 1. The van der Waals surface area contributed by atoms with E-state index in [0.29, 0.717) is 6.04 Å². The van der Waals surface area contributed by atoms with E-state index < -0.39 is 0 Å². The fourth-order valence-corrected chi connectivity index (χ4v) is 2.17. The Kier molecular flexibility index (Phi) is 5.05. The molecule has 4 nitrogen and oxygen atoms in total. The molecule has 0 aromatic heterocycles. The van der Waals surface area contributed by atoms with Gasteiger partial charge in [0.15, 0.2) is 0 Å². The van der Waals surface area contributed by atoms with E-state index in [1.54, 1.807) is 7.11 Å². The maximum atomic E-state index is 5.37. The molecule has 1 aromatic carbocycles. The van der Waals surface area contributed by atoms with E-state index in [0.717, 1.165) is 32.0 Å². The third-order valence-corrected chi connectivity index (χ3v) is 3.71. The molecule has 0 spiro atoms. The Morgan fingerprint density at radius 3 is 2.37 bits per heavy atom. The van der Waals surface area contributed by atoms with Crippen LogP contribution in [0.3, 0.4) is 0 Å². The first-order chi connectivity index (χ1) is 9.20. The zero-order valence-electron chi connectivity index (χ0n) is 12.1. The number of nitrogens with one attached hydrogen (secondary N) is 1. The Hall–Kier alpha value is -1.26. The van der Waals surface area contributed by atoms with Gasteiger partial charge in [-0.2, -0.15) is 0 Å². The van der Waals surface area contributed by atoms with Crippen LogP contribution in [0.25, 0.3) is 0 Å². The van der Waals surface area contributed by atoms with Crippen LogP contribution in [0.4, 0.5) is 11.4 Å². The highest BCUT2D eigenvalue weighted by atomic mass is 16.5. The molecule has 2 unspecified atom stereocenters. The lowest BCUT2D eigenvalue weighted by atomic mass is 10.2. The monoisotopic (exact) mass is 264 g/mol. The number of anilines is 2. The lowest BCUT2D eigenvalue weighted by molar-refractivity contribution is 0.106. The molecule has 2 atom stereocenters. The number of hydrogen-bond donors (Lipinski definition) is 1. The van der Waals surface area contributed by atoms with Crippen molar-refractivity contribution in [2.75, 3.05) is 43.6 Å². The largest absolute Gasteiger partial charge is 0.380 e. The van der Waals surface area contributed by atoms with Gasteiger partial charge in [0, 0.05) is 37.6 Å². The van der Waals surface area contributed by atoms with E-state index in [4.69, 9.17) is 9.47 Å². The Labute approximate surface area is 115 Å². The van der Waals surface area contributed by atoms with Gasteiger partial charge in [0.1, 0.15) is 0 Å². The lowest BCUT2D eigenvalue weighted by Gasteiger charge is -2.29. The van der Waals surface area contributed by atoms with Crippen molar-refractivity contribution < 1.29 is 9.47 Å². The normalized spacial score (nSPS) is 19.0. The summed E-state index contributed by atoms with van der Waals surface area (Å²) in [5, 5.41) is 3.45. The van der Waals surface area contributed by atoms with Crippen LogP contribution >= 0.6 is 0 Å². The average Bonchev–Trinajstić information content (AvgIpc) is 2.48. The number of morpholine rings is 1. The van der Waals surface area contributed by atoms with Gasteiger partial charge >= 0.3 is 0 Å². The van der Waals surface area contributed by atoms with Crippen LogP contribution < -0.4 is 10.2 Å². The van der Waals surface area contributed by atoms with E-state index in [1.165, 1.54) is 5.69 Å². The molecule has 19 heavy (non-hydrogen) atoms. The molecule has 0 bridgehead atoms. The van der Waals surface area contributed by atoms with Crippen LogP contribution in [0.5, 0.6) is 0 Å². The fourth-order valence-electron chi connectivity index (χ4n) is 2.17. The van der Waals surface area contributed by atoms with Crippen molar-refractivity contribution >= 4 is 11.4 Å². The molecule has 0 amide bonds. The second-order valence-electron chi connectivity index (χ2n) is 5.02. The molecule has 1 N–H and O–H groups in total. The third kappa shape index (κ3) is 3.85. The highest BCUT2D eigenvalue weighted by Gasteiger charge is 2.12. The Morgan fingerprint density at radius 2 is 1.79 bits per heavy atom. The summed E-state index contributed by atoms with van der Waals surface area (Å²) >= 11 is 0. The van der Waals surface area contributed by atoms with Crippen molar-refractivity contribution in [3.05, 3.63) is 24.3 Å². The molecule has 2 rings (SSSR count). The van der Waals surface area contributed by atoms with Gasteiger partial charge in [0.2, 0.25) is 0 Å². The summed E-state index contributed by atoms with van der Waals surface area (Å²) in [5.41, 5.74) is 2.40. The van der Waals surface area contributed by atoms with E-state index in [-0.39, 0.29) is 6.10 Å². The first-order valence-corrected chi connectivity index (χ1v) is 6.93. The maximum absolute atomic E-state index is 5.37. The standard InChI is InChI=1S/C15H24N2O2/c1-12(13(2)18-3)16-14-4-6-15(7-5-14)17-8-10-19-11-9-17/h4-7,12-13,16H,8-11H2,1-3H3. The second-order valence-corrected chi connectivity index (χ2v) is 5.02. The number of rotatable bonds is 5. The van der Waals surface area contributed by atoms with Gasteiger partial charge in [-0.3, -0.25) is 0 Å². The van der Waals surface area contributed by atoms with Crippen LogP contribution in [0, 0.1) is 0 Å². The molecule has 1 fully saturated rings. The van der Waals surface area contributed by atoms with Crippen LogP contribution in [-0.4, -0.2) is 45.6 Å². The zero-order valence-corrected chi connectivity index (χ0v) is 12.1. The van der Waals surface area contributed by atoms with Crippen molar-refractivity contribution in [3.63, 3.8) is 0 Å². The molecule has 0 radical (unpaired) electrons. The lowest BCUT2D eigenvalue weighted by Crippen LogP contribution is -2.36. The van der Waals surface area contributed by atoms with E-state index >= 15 is 0 Å². The van der Waals surface area contributed by atoms with Gasteiger partial charge in [-0.25, -0.2) is 0 Å². The van der Waals surface area contributed by atoms with Gasteiger partial charge < -0.3 is 19.7 Å². The molecule has 4 heteroatoms. The van der Waals surface area contributed by atoms with Crippen molar-refractivity contribution in [1.29, 1.82) is 0 Å². The summed E-state index contributed by atoms with van der Waals surface area (Å²) in [7, 11) is 1.74. The molecule has 1 aliphatic rings. The van der Waals surface area contributed by atoms with E-state index in [1.807, 2.05) is 0 Å². The molecule has 106 valence electrons. The van der Waals surface area contributed by atoms with Crippen molar-refractivity contribution in [3.8, 4) is 0 Å². The summed E-state index contributed by atoms with van der Waals surface area (Å²) < 4.78 is 10.7. The predicted octanol–water partition coefficient (Wildman–Crippen LogP) is 2.36. The molecule has 1 aromatic rings. The molecular weight excluding hydrogens is 240 g/mol. The summed E-state index contributed by atoms with van der Waals surface area (Å²) in [5.74, 6) is 0. The Bertz CT molecular complexity index is 374. The smallest absolute Gasteiger partial charge is 0.0741 e. The third-order valence-electron chi connectivity index (χ3n) is 3.71. The summed E-state index contributed by atoms with van der Waals surface area (Å²) in [6.45, 7) is 7.79. The first-order valence-electron chi connectivity index (χ1n) is 6.93. The predicted molar refractivity (Wildman–Crippen MR) is 79.0 cm³/mol. The molecule has 1 heterocycles. The highest BCUT2D eigenvalue weighted by molar-refractivity contribution is 5.55. The van der Waals surface area contributed by atoms with Gasteiger partial charge in [-0.15, -0.1) is 0 Å². The van der Waals surface area contributed by atoms with E-state index in [9.17, 15) is 0 Å². The number of ether oxygens (including phenoxy) is 2. The molecule has 1 aliphatic heterocycles. The Morgan fingerprint density at radius 1 is 1.16 bits per heavy atom. The minimum absolute atomic E-state index is 0.193. The van der Waals surface area contributed by atoms with Gasteiger partial charge in [-0.05, 0) is 38.1 Å². The van der Waals surface area contributed by atoms with Crippen LogP contribution in [0.1, 0.15) is 13.8 Å². The maximum Gasteiger partial charge on any atom is 0.0741 e. The molecule has 1 saturated heterocycles. The fraction of sp³-hybridized carbons (Fsp3) is 0.600. The number of hydrogen-bond acceptors (Lipinski definition) is 4. The van der Waals surface area contributed by atoms with Crippen molar-refractivity contribution in [1.82, 2.24) is 0 Å². The van der Waals surface area contributed by atoms with Crippen LogP contribution in [0.2, 0.25) is 0 Å².